The SMILES string of the molecule is COc1cccc(NC(=O)/C=C/c2ccc(OCc3c(Cl)cccc3Cl)c(OC)c2)c1. The van der Waals surface area contributed by atoms with Crippen molar-refractivity contribution in [3.8, 4) is 17.2 Å². The topological polar surface area (TPSA) is 56.8 Å². The Kier molecular flexibility index (Phi) is 7.82. The molecule has 0 atom stereocenters. The minimum absolute atomic E-state index is 0.201. The third kappa shape index (κ3) is 6.17. The smallest absolute Gasteiger partial charge is 0.248 e. The maximum atomic E-state index is 12.2. The van der Waals surface area contributed by atoms with Crippen LogP contribution < -0.4 is 19.5 Å². The summed E-state index contributed by atoms with van der Waals surface area (Å²) in [7, 11) is 3.12. The zero-order valence-corrected chi connectivity index (χ0v) is 18.5. The fourth-order valence-electron chi connectivity index (χ4n) is 2.78. The van der Waals surface area contributed by atoms with Crippen molar-refractivity contribution >= 4 is 40.9 Å². The van der Waals surface area contributed by atoms with Crippen LogP contribution in [0.5, 0.6) is 17.2 Å². The molecule has 3 aromatic rings. The summed E-state index contributed by atoms with van der Waals surface area (Å²) in [4.78, 5) is 12.2. The summed E-state index contributed by atoms with van der Waals surface area (Å²) in [6, 6.07) is 17.8. The molecule has 1 amide bonds. The second-order valence-electron chi connectivity index (χ2n) is 6.45. The zero-order valence-electron chi connectivity index (χ0n) is 17.0. The van der Waals surface area contributed by atoms with Gasteiger partial charge in [0.05, 0.1) is 14.2 Å². The lowest BCUT2D eigenvalue weighted by molar-refractivity contribution is -0.111. The first kappa shape index (κ1) is 22.5. The van der Waals surface area contributed by atoms with Gasteiger partial charge in [-0.1, -0.05) is 41.4 Å². The number of anilines is 1. The molecule has 0 aliphatic carbocycles. The molecule has 0 spiro atoms. The Hall–Kier alpha value is -3.15. The number of carbonyl (C=O) groups excluding carboxylic acids is 1. The monoisotopic (exact) mass is 457 g/mol. The molecule has 3 rings (SSSR count). The van der Waals surface area contributed by atoms with Gasteiger partial charge >= 0.3 is 0 Å². The molecule has 0 fully saturated rings. The largest absolute Gasteiger partial charge is 0.497 e. The summed E-state index contributed by atoms with van der Waals surface area (Å²) in [5.41, 5.74) is 2.13. The van der Waals surface area contributed by atoms with Crippen LogP contribution in [0.25, 0.3) is 6.08 Å². The van der Waals surface area contributed by atoms with Crippen molar-refractivity contribution in [3.05, 3.63) is 87.9 Å². The lowest BCUT2D eigenvalue weighted by Gasteiger charge is -2.13. The van der Waals surface area contributed by atoms with E-state index < -0.39 is 0 Å². The van der Waals surface area contributed by atoms with E-state index in [1.807, 2.05) is 6.07 Å². The first-order valence-electron chi connectivity index (χ1n) is 9.37. The van der Waals surface area contributed by atoms with Crippen molar-refractivity contribution in [1.29, 1.82) is 0 Å². The van der Waals surface area contributed by atoms with Gasteiger partial charge in [-0.05, 0) is 48.0 Å². The zero-order chi connectivity index (χ0) is 22.2. The average molecular weight is 458 g/mol. The van der Waals surface area contributed by atoms with Crippen LogP contribution in [-0.2, 0) is 11.4 Å². The molecule has 0 unspecified atom stereocenters. The van der Waals surface area contributed by atoms with E-state index >= 15 is 0 Å². The van der Waals surface area contributed by atoms with E-state index in [2.05, 4.69) is 5.32 Å². The Morgan fingerprint density at radius 1 is 0.935 bits per heavy atom. The van der Waals surface area contributed by atoms with Crippen molar-refractivity contribution in [2.45, 2.75) is 6.61 Å². The van der Waals surface area contributed by atoms with E-state index in [1.54, 1.807) is 74.9 Å². The molecule has 3 aromatic carbocycles. The fraction of sp³-hybridized carbons (Fsp3) is 0.125. The minimum atomic E-state index is -0.263. The third-order valence-corrected chi connectivity index (χ3v) is 5.09. The molecule has 0 saturated heterocycles. The Balaban J connectivity index is 1.66. The number of hydrogen-bond acceptors (Lipinski definition) is 4. The van der Waals surface area contributed by atoms with Gasteiger partial charge < -0.3 is 19.5 Å². The number of hydrogen-bond donors (Lipinski definition) is 1. The number of methoxy groups -OCH3 is 2. The van der Waals surface area contributed by atoms with Crippen LogP contribution in [-0.4, -0.2) is 20.1 Å². The number of halogens is 2. The van der Waals surface area contributed by atoms with E-state index in [0.29, 0.717) is 38.5 Å². The molecule has 0 aliphatic rings. The molecule has 0 saturated carbocycles. The van der Waals surface area contributed by atoms with Crippen LogP contribution >= 0.6 is 23.2 Å². The lowest BCUT2D eigenvalue weighted by Crippen LogP contribution is -2.07. The highest BCUT2D eigenvalue weighted by Gasteiger charge is 2.10. The van der Waals surface area contributed by atoms with Crippen LogP contribution in [0, 0.1) is 0 Å². The first-order chi connectivity index (χ1) is 15.0. The maximum absolute atomic E-state index is 12.2. The highest BCUT2D eigenvalue weighted by Crippen LogP contribution is 2.31. The van der Waals surface area contributed by atoms with E-state index in [9.17, 15) is 4.79 Å². The number of ether oxygens (including phenoxy) is 3. The van der Waals surface area contributed by atoms with Crippen LogP contribution in [0.4, 0.5) is 5.69 Å². The molecular weight excluding hydrogens is 437 g/mol. The fourth-order valence-corrected chi connectivity index (χ4v) is 3.29. The Morgan fingerprint density at radius 3 is 2.39 bits per heavy atom. The van der Waals surface area contributed by atoms with Crippen molar-refractivity contribution in [2.24, 2.45) is 0 Å². The van der Waals surface area contributed by atoms with E-state index in [0.717, 1.165) is 5.56 Å². The van der Waals surface area contributed by atoms with Crippen molar-refractivity contribution in [1.82, 2.24) is 0 Å². The van der Waals surface area contributed by atoms with Gasteiger partial charge in [0.25, 0.3) is 0 Å². The summed E-state index contributed by atoms with van der Waals surface area (Å²) in [6.45, 7) is 0.201. The maximum Gasteiger partial charge on any atom is 0.248 e. The summed E-state index contributed by atoms with van der Waals surface area (Å²) >= 11 is 12.4. The number of rotatable bonds is 8. The molecule has 0 aliphatic heterocycles. The van der Waals surface area contributed by atoms with Crippen LogP contribution in [0.15, 0.2) is 66.7 Å². The molecule has 0 bridgehead atoms. The van der Waals surface area contributed by atoms with E-state index in [1.165, 1.54) is 6.08 Å². The van der Waals surface area contributed by atoms with Gasteiger partial charge in [-0.15, -0.1) is 0 Å². The van der Waals surface area contributed by atoms with Crippen LogP contribution in [0.2, 0.25) is 10.0 Å². The third-order valence-electron chi connectivity index (χ3n) is 4.39. The van der Waals surface area contributed by atoms with E-state index in [-0.39, 0.29) is 12.5 Å². The van der Waals surface area contributed by atoms with Gasteiger partial charge in [0.2, 0.25) is 5.91 Å². The Labute approximate surface area is 191 Å². The second kappa shape index (κ2) is 10.8. The van der Waals surface area contributed by atoms with Gasteiger partial charge in [0.15, 0.2) is 11.5 Å². The molecule has 1 N–H and O–H groups in total. The van der Waals surface area contributed by atoms with Gasteiger partial charge in [0, 0.05) is 33.4 Å². The van der Waals surface area contributed by atoms with Crippen LogP contribution in [0.3, 0.4) is 0 Å². The summed E-state index contributed by atoms with van der Waals surface area (Å²) in [5, 5.41) is 3.86. The summed E-state index contributed by atoms with van der Waals surface area (Å²) in [6.07, 6.45) is 3.13. The molecule has 7 heteroatoms. The molecule has 160 valence electrons. The number of amides is 1. The van der Waals surface area contributed by atoms with Crippen LogP contribution in [0.1, 0.15) is 11.1 Å². The molecule has 0 aromatic heterocycles. The Morgan fingerprint density at radius 2 is 1.68 bits per heavy atom. The van der Waals surface area contributed by atoms with Crippen molar-refractivity contribution < 1.29 is 19.0 Å². The standard InChI is InChI=1S/C24H21Cl2NO4/c1-29-18-6-3-5-17(14-18)27-24(28)12-10-16-9-11-22(23(13-16)30-2)31-15-19-20(25)7-4-8-21(19)26/h3-14H,15H2,1-2H3,(H,27,28)/b12-10+. The number of benzene rings is 3. The van der Waals surface area contributed by atoms with Gasteiger partial charge in [-0.3, -0.25) is 4.79 Å². The average Bonchev–Trinajstić information content (AvgIpc) is 2.78. The van der Waals surface area contributed by atoms with Crippen molar-refractivity contribution in [3.63, 3.8) is 0 Å². The molecule has 31 heavy (non-hydrogen) atoms. The predicted molar refractivity (Wildman–Crippen MR) is 124 cm³/mol. The summed E-state index contributed by atoms with van der Waals surface area (Å²) in [5.74, 6) is 1.47. The quantitative estimate of drug-likeness (QED) is 0.406. The Bertz CT molecular complexity index is 1080. The molecular formula is C24H21Cl2NO4. The van der Waals surface area contributed by atoms with E-state index in [4.69, 9.17) is 37.4 Å². The van der Waals surface area contributed by atoms with Gasteiger partial charge in [0.1, 0.15) is 12.4 Å². The molecule has 0 heterocycles. The first-order valence-corrected chi connectivity index (χ1v) is 10.1. The predicted octanol–water partition coefficient (Wildman–Crippen LogP) is 6.24. The molecule has 0 radical (unpaired) electrons. The second-order valence-corrected chi connectivity index (χ2v) is 7.27. The number of nitrogens with one attached hydrogen (secondary N) is 1. The molecule has 5 nitrogen and oxygen atoms in total. The highest BCUT2D eigenvalue weighted by atomic mass is 35.5. The number of carbonyl (C=O) groups is 1. The minimum Gasteiger partial charge on any atom is -0.497 e. The normalized spacial score (nSPS) is 10.7. The van der Waals surface area contributed by atoms with Crippen molar-refractivity contribution in [2.75, 3.05) is 19.5 Å². The highest BCUT2D eigenvalue weighted by molar-refractivity contribution is 6.35. The van der Waals surface area contributed by atoms with Gasteiger partial charge in [-0.2, -0.15) is 0 Å². The summed E-state index contributed by atoms with van der Waals surface area (Å²) < 4.78 is 16.4. The van der Waals surface area contributed by atoms with Gasteiger partial charge in [-0.25, -0.2) is 0 Å². The lowest BCUT2D eigenvalue weighted by atomic mass is 10.2.